The van der Waals surface area contributed by atoms with Gasteiger partial charge in [0.1, 0.15) is 18.1 Å². The molecule has 1 aliphatic carbocycles. The Kier molecular flexibility index (Phi) is 4.46. The Bertz CT molecular complexity index is 739. The lowest BCUT2D eigenvalue weighted by atomic mass is 10.1. The monoisotopic (exact) mass is 338 g/mol. The molecule has 130 valence electrons. The van der Waals surface area contributed by atoms with Crippen molar-refractivity contribution in [3.63, 3.8) is 0 Å². The van der Waals surface area contributed by atoms with Crippen LogP contribution >= 0.6 is 0 Å². The smallest absolute Gasteiger partial charge is 0.319 e. The average molecular weight is 338 g/mol. The van der Waals surface area contributed by atoms with Crippen LogP contribution in [0.1, 0.15) is 37.3 Å². The molecule has 5 nitrogen and oxygen atoms in total. The maximum atomic E-state index is 12.2. The number of nitrogens with one attached hydrogen (secondary N) is 2. The summed E-state index contributed by atoms with van der Waals surface area (Å²) < 4.78 is 11.5. The van der Waals surface area contributed by atoms with Gasteiger partial charge in [-0.15, -0.1) is 0 Å². The molecule has 4 rings (SSSR count). The largest absolute Gasteiger partial charge is 0.491 e. The van der Waals surface area contributed by atoms with Crippen LogP contribution in [0.25, 0.3) is 0 Å². The van der Waals surface area contributed by atoms with Crippen LogP contribution in [0.4, 0.5) is 10.5 Å². The zero-order chi connectivity index (χ0) is 17.1. The maximum absolute atomic E-state index is 12.2. The number of rotatable bonds is 4. The summed E-state index contributed by atoms with van der Waals surface area (Å²) in [6.07, 6.45) is 5.10. The van der Waals surface area contributed by atoms with Crippen LogP contribution in [0.5, 0.6) is 11.5 Å². The third-order valence-electron chi connectivity index (χ3n) is 4.72. The van der Waals surface area contributed by atoms with E-state index in [2.05, 4.69) is 10.6 Å². The fourth-order valence-corrected chi connectivity index (χ4v) is 3.42. The van der Waals surface area contributed by atoms with Crippen LogP contribution < -0.4 is 20.1 Å². The van der Waals surface area contributed by atoms with Crippen LogP contribution in [0.3, 0.4) is 0 Å². The van der Waals surface area contributed by atoms with Crippen LogP contribution in [-0.2, 0) is 0 Å². The van der Waals surface area contributed by atoms with Gasteiger partial charge in [-0.3, -0.25) is 0 Å². The first-order valence-electron chi connectivity index (χ1n) is 8.84. The highest BCUT2D eigenvalue weighted by Gasteiger charge is 2.25. The average Bonchev–Trinajstić information content (AvgIpc) is 3.27. The zero-order valence-corrected chi connectivity index (χ0v) is 14.0. The molecule has 5 heteroatoms. The molecule has 0 radical (unpaired) electrons. The molecular weight excluding hydrogens is 316 g/mol. The van der Waals surface area contributed by atoms with Crippen LogP contribution in [-0.4, -0.2) is 18.7 Å². The van der Waals surface area contributed by atoms with E-state index in [-0.39, 0.29) is 12.1 Å². The summed E-state index contributed by atoms with van der Waals surface area (Å²) in [7, 11) is 0. The van der Waals surface area contributed by atoms with Crippen molar-refractivity contribution in [2.75, 3.05) is 11.9 Å². The fraction of sp³-hybridized carbons (Fsp3) is 0.350. The first kappa shape index (κ1) is 15.8. The van der Waals surface area contributed by atoms with E-state index in [0.29, 0.717) is 12.7 Å². The van der Waals surface area contributed by atoms with Gasteiger partial charge in [0.15, 0.2) is 0 Å². The van der Waals surface area contributed by atoms with Gasteiger partial charge in [-0.2, -0.15) is 0 Å². The molecule has 2 aliphatic rings. The van der Waals surface area contributed by atoms with Crippen LogP contribution in [0, 0.1) is 0 Å². The number of hydrogen-bond acceptors (Lipinski definition) is 3. The summed E-state index contributed by atoms with van der Waals surface area (Å²) in [5, 5.41) is 5.81. The van der Waals surface area contributed by atoms with Crippen molar-refractivity contribution in [1.29, 1.82) is 0 Å². The molecular formula is C20H22N2O3. The molecule has 1 saturated carbocycles. The number of amides is 2. The van der Waals surface area contributed by atoms with E-state index in [4.69, 9.17) is 9.47 Å². The molecule has 0 aromatic heterocycles. The minimum absolute atomic E-state index is 0.124. The number of anilines is 1. The van der Waals surface area contributed by atoms with Crippen LogP contribution in [0.2, 0.25) is 0 Å². The lowest BCUT2D eigenvalue weighted by Crippen LogP contribution is -2.33. The second kappa shape index (κ2) is 7.05. The molecule has 2 aromatic rings. The Hall–Kier alpha value is -2.69. The van der Waals surface area contributed by atoms with E-state index in [1.807, 2.05) is 48.5 Å². The van der Waals surface area contributed by atoms with Gasteiger partial charge in [0.25, 0.3) is 0 Å². The molecule has 0 saturated heterocycles. The second-order valence-corrected chi connectivity index (χ2v) is 6.55. The van der Waals surface area contributed by atoms with Crippen molar-refractivity contribution in [3.05, 3.63) is 54.1 Å². The van der Waals surface area contributed by atoms with Crippen molar-refractivity contribution >= 4 is 11.7 Å². The predicted molar refractivity (Wildman–Crippen MR) is 96.2 cm³/mol. The molecule has 2 aromatic carbocycles. The standard InChI is InChI=1S/C20H22N2O3/c23-20(22-18-13-24-19-8-4-3-7-17(18)19)21-14-9-11-16(12-10-14)25-15-5-1-2-6-15/h3-4,7-12,15,18H,1-2,5-6,13H2,(H2,21,22,23)/t18-/m0/s1. The molecule has 0 bridgehead atoms. The highest BCUT2D eigenvalue weighted by atomic mass is 16.5. The van der Waals surface area contributed by atoms with E-state index < -0.39 is 0 Å². The third kappa shape index (κ3) is 3.71. The van der Waals surface area contributed by atoms with Crippen molar-refractivity contribution < 1.29 is 14.3 Å². The van der Waals surface area contributed by atoms with Gasteiger partial charge in [0.2, 0.25) is 0 Å². The number of carbonyl (C=O) groups is 1. The number of carbonyl (C=O) groups excluding carboxylic acids is 1. The summed E-state index contributed by atoms with van der Waals surface area (Å²) >= 11 is 0. The third-order valence-corrected chi connectivity index (χ3v) is 4.72. The van der Waals surface area contributed by atoms with Crippen molar-refractivity contribution in [1.82, 2.24) is 5.32 Å². The summed E-state index contributed by atoms with van der Waals surface area (Å²) in [5.74, 6) is 1.69. The van der Waals surface area contributed by atoms with E-state index in [9.17, 15) is 4.79 Å². The summed E-state index contributed by atoms with van der Waals surface area (Å²) in [6, 6.07) is 14.9. The topological polar surface area (TPSA) is 59.6 Å². The molecule has 1 aliphatic heterocycles. The van der Waals surface area contributed by atoms with Gasteiger partial charge in [-0.1, -0.05) is 18.2 Å². The maximum Gasteiger partial charge on any atom is 0.319 e. The Balaban J connectivity index is 1.32. The Morgan fingerprint density at radius 3 is 2.60 bits per heavy atom. The zero-order valence-electron chi connectivity index (χ0n) is 14.0. The molecule has 1 heterocycles. The Morgan fingerprint density at radius 2 is 1.80 bits per heavy atom. The number of fused-ring (bicyclic) bond motifs is 1. The Labute approximate surface area is 147 Å². The molecule has 2 N–H and O–H groups in total. The van der Waals surface area contributed by atoms with Gasteiger partial charge < -0.3 is 20.1 Å². The van der Waals surface area contributed by atoms with Gasteiger partial charge >= 0.3 is 6.03 Å². The number of hydrogen-bond donors (Lipinski definition) is 2. The highest BCUT2D eigenvalue weighted by Crippen LogP contribution is 2.31. The molecule has 1 fully saturated rings. The van der Waals surface area contributed by atoms with Gasteiger partial charge in [-0.05, 0) is 56.0 Å². The highest BCUT2D eigenvalue weighted by molar-refractivity contribution is 5.89. The molecule has 0 spiro atoms. The minimum Gasteiger partial charge on any atom is -0.491 e. The molecule has 1 atom stereocenters. The van der Waals surface area contributed by atoms with E-state index in [1.54, 1.807) is 0 Å². The number of ether oxygens (including phenoxy) is 2. The number of benzene rings is 2. The van der Waals surface area contributed by atoms with Crippen molar-refractivity contribution in [2.45, 2.75) is 37.8 Å². The number of urea groups is 1. The van der Waals surface area contributed by atoms with Gasteiger partial charge in [0.05, 0.1) is 12.1 Å². The van der Waals surface area contributed by atoms with Crippen molar-refractivity contribution in [2.24, 2.45) is 0 Å². The summed E-state index contributed by atoms with van der Waals surface area (Å²) in [4.78, 5) is 12.2. The lowest BCUT2D eigenvalue weighted by Gasteiger charge is -2.15. The van der Waals surface area contributed by atoms with E-state index in [1.165, 1.54) is 12.8 Å². The van der Waals surface area contributed by atoms with Gasteiger partial charge in [-0.25, -0.2) is 4.79 Å². The lowest BCUT2D eigenvalue weighted by molar-refractivity contribution is 0.210. The molecule has 2 amide bonds. The second-order valence-electron chi connectivity index (χ2n) is 6.55. The van der Waals surface area contributed by atoms with Crippen molar-refractivity contribution in [3.8, 4) is 11.5 Å². The fourth-order valence-electron chi connectivity index (χ4n) is 3.42. The molecule has 25 heavy (non-hydrogen) atoms. The first-order chi connectivity index (χ1) is 12.3. The van der Waals surface area contributed by atoms with E-state index in [0.717, 1.165) is 35.6 Å². The first-order valence-corrected chi connectivity index (χ1v) is 8.84. The minimum atomic E-state index is -0.241. The molecule has 0 unspecified atom stereocenters. The normalized spacial score (nSPS) is 19.1. The van der Waals surface area contributed by atoms with Gasteiger partial charge in [0, 0.05) is 11.3 Å². The van der Waals surface area contributed by atoms with Crippen LogP contribution in [0.15, 0.2) is 48.5 Å². The summed E-state index contributed by atoms with van der Waals surface area (Å²) in [5.41, 5.74) is 1.75. The predicted octanol–water partition coefficient (Wildman–Crippen LogP) is 4.26. The Morgan fingerprint density at radius 1 is 1.04 bits per heavy atom. The quantitative estimate of drug-likeness (QED) is 0.875. The SMILES string of the molecule is O=C(Nc1ccc(OC2CCCC2)cc1)N[C@H]1COc2ccccc21. The summed E-state index contributed by atoms with van der Waals surface area (Å²) in [6.45, 7) is 0.459. The number of para-hydroxylation sites is 1. The van der Waals surface area contributed by atoms with E-state index >= 15 is 0 Å².